The highest BCUT2D eigenvalue weighted by Crippen LogP contribution is 2.28. The lowest BCUT2D eigenvalue weighted by Gasteiger charge is -2.11. The van der Waals surface area contributed by atoms with Gasteiger partial charge in [-0.05, 0) is 43.3 Å². The summed E-state index contributed by atoms with van der Waals surface area (Å²) in [7, 11) is 3.59. The van der Waals surface area contributed by atoms with Crippen molar-refractivity contribution in [2.75, 3.05) is 14.2 Å². The van der Waals surface area contributed by atoms with E-state index in [9.17, 15) is 0 Å². The fraction of sp³-hybridized carbons (Fsp3) is 0.250. The van der Waals surface area contributed by atoms with Gasteiger partial charge in [0, 0.05) is 12.6 Å². The van der Waals surface area contributed by atoms with E-state index in [-0.39, 0.29) is 0 Å². The second-order valence-electron chi connectivity index (χ2n) is 4.41. The van der Waals surface area contributed by atoms with Crippen LogP contribution in [-0.2, 0) is 6.54 Å². The van der Waals surface area contributed by atoms with Gasteiger partial charge in [-0.2, -0.15) is 0 Å². The molecule has 3 heteroatoms. The highest BCUT2D eigenvalue weighted by atomic mass is 16.5. The Morgan fingerprint density at radius 1 is 1.05 bits per heavy atom. The number of rotatable bonds is 5. The van der Waals surface area contributed by atoms with Crippen LogP contribution in [0, 0.1) is 6.92 Å². The van der Waals surface area contributed by atoms with Crippen LogP contribution in [0.15, 0.2) is 42.5 Å². The van der Waals surface area contributed by atoms with Gasteiger partial charge in [0.2, 0.25) is 0 Å². The lowest BCUT2D eigenvalue weighted by Crippen LogP contribution is -2.05. The summed E-state index contributed by atoms with van der Waals surface area (Å²) in [5.41, 5.74) is 2.37. The molecule has 2 rings (SSSR count). The van der Waals surface area contributed by atoms with Gasteiger partial charge in [-0.25, -0.2) is 0 Å². The molecule has 0 bridgehead atoms. The molecule has 0 amide bonds. The first-order valence-corrected chi connectivity index (χ1v) is 6.29. The maximum absolute atomic E-state index is 5.88. The topological polar surface area (TPSA) is 30.5 Å². The van der Waals surface area contributed by atoms with Gasteiger partial charge >= 0.3 is 0 Å². The van der Waals surface area contributed by atoms with Crippen LogP contribution >= 0.6 is 0 Å². The molecule has 2 aromatic rings. The number of aryl methyl sites for hydroxylation is 1. The van der Waals surface area contributed by atoms with E-state index in [0.717, 1.165) is 29.4 Å². The Morgan fingerprint density at radius 2 is 1.84 bits per heavy atom. The normalized spacial score (nSPS) is 10.3. The Morgan fingerprint density at radius 3 is 2.53 bits per heavy atom. The molecule has 0 heterocycles. The Labute approximate surface area is 114 Å². The molecule has 0 saturated heterocycles. The second-order valence-corrected chi connectivity index (χ2v) is 4.41. The standard InChI is InChI=1S/C16H19NO2/c1-12-9-13(11-17-2)7-8-16(12)19-15-6-4-5-14(10-15)18-3/h4-10,17H,11H2,1-3H3. The molecule has 0 aliphatic heterocycles. The van der Waals surface area contributed by atoms with E-state index in [2.05, 4.69) is 24.4 Å². The third kappa shape index (κ3) is 3.48. The van der Waals surface area contributed by atoms with Crippen molar-refractivity contribution in [3.8, 4) is 17.2 Å². The summed E-state index contributed by atoms with van der Waals surface area (Å²) >= 11 is 0. The van der Waals surface area contributed by atoms with Gasteiger partial charge in [0.25, 0.3) is 0 Å². The summed E-state index contributed by atoms with van der Waals surface area (Å²) in [4.78, 5) is 0. The first kappa shape index (κ1) is 13.4. The maximum atomic E-state index is 5.88. The maximum Gasteiger partial charge on any atom is 0.131 e. The number of ether oxygens (including phenoxy) is 2. The van der Waals surface area contributed by atoms with E-state index in [1.807, 2.05) is 37.4 Å². The van der Waals surface area contributed by atoms with E-state index < -0.39 is 0 Å². The average Bonchev–Trinajstić information content (AvgIpc) is 2.42. The summed E-state index contributed by atoms with van der Waals surface area (Å²) in [6.07, 6.45) is 0. The van der Waals surface area contributed by atoms with Crippen LogP contribution in [0.2, 0.25) is 0 Å². The number of hydrogen-bond donors (Lipinski definition) is 1. The Hall–Kier alpha value is -2.00. The van der Waals surface area contributed by atoms with Gasteiger partial charge in [-0.15, -0.1) is 0 Å². The van der Waals surface area contributed by atoms with Crippen LogP contribution in [-0.4, -0.2) is 14.2 Å². The van der Waals surface area contributed by atoms with Gasteiger partial charge in [0.1, 0.15) is 17.2 Å². The SMILES string of the molecule is CNCc1ccc(Oc2cccc(OC)c2)c(C)c1. The molecule has 2 aromatic carbocycles. The minimum Gasteiger partial charge on any atom is -0.497 e. The number of benzene rings is 2. The molecule has 100 valence electrons. The molecule has 19 heavy (non-hydrogen) atoms. The summed E-state index contributed by atoms with van der Waals surface area (Å²) in [5, 5.41) is 3.14. The first-order valence-electron chi connectivity index (χ1n) is 6.29. The zero-order valence-electron chi connectivity index (χ0n) is 11.6. The molecular weight excluding hydrogens is 238 g/mol. The number of nitrogens with one attached hydrogen (secondary N) is 1. The van der Waals surface area contributed by atoms with Crippen LogP contribution < -0.4 is 14.8 Å². The second kappa shape index (κ2) is 6.25. The van der Waals surface area contributed by atoms with E-state index >= 15 is 0 Å². The van der Waals surface area contributed by atoms with Crippen LogP contribution in [0.3, 0.4) is 0 Å². The molecule has 0 fully saturated rings. The minimum atomic E-state index is 0.781. The van der Waals surface area contributed by atoms with Gasteiger partial charge in [-0.1, -0.05) is 18.2 Å². The molecule has 0 saturated carbocycles. The van der Waals surface area contributed by atoms with Crippen molar-refractivity contribution in [1.82, 2.24) is 5.32 Å². The summed E-state index contributed by atoms with van der Waals surface area (Å²) < 4.78 is 11.1. The molecule has 0 spiro atoms. The van der Waals surface area contributed by atoms with E-state index in [1.54, 1.807) is 7.11 Å². The first-order chi connectivity index (χ1) is 9.22. The van der Waals surface area contributed by atoms with E-state index in [1.165, 1.54) is 5.56 Å². The largest absolute Gasteiger partial charge is 0.497 e. The van der Waals surface area contributed by atoms with Crippen molar-refractivity contribution in [1.29, 1.82) is 0 Å². The van der Waals surface area contributed by atoms with Crippen LogP contribution in [0.1, 0.15) is 11.1 Å². The zero-order chi connectivity index (χ0) is 13.7. The summed E-state index contributed by atoms with van der Waals surface area (Å²) in [6, 6.07) is 13.8. The van der Waals surface area contributed by atoms with Gasteiger partial charge in [0.15, 0.2) is 0 Å². The molecular formula is C16H19NO2. The van der Waals surface area contributed by atoms with Crippen molar-refractivity contribution in [3.63, 3.8) is 0 Å². The summed E-state index contributed by atoms with van der Waals surface area (Å²) in [6.45, 7) is 2.91. The molecule has 0 aromatic heterocycles. The highest BCUT2D eigenvalue weighted by molar-refractivity contribution is 5.41. The smallest absolute Gasteiger partial charge is 0.131 e. The predicted octanol–water partition coefficient (Wildman–Crippen LogP) is 3.52. The minimum absolute atomic E-state index is 0.781. The fourth-order valence-electron chi connectivity index (χ4n) is 1.93. The van der Waals surface area contributed by atoms with Crippen molar-refractivity contribution in [3.05, 3.63) is 53.6 Å². The van der Waals surface area contributed by atoms with E-state index in [4.69, 9.17) is 9.47 Å². The molecule has 0 aliphatic rings. The summed E-state index contributed by atoms with van der Waals surface area (Å²) in [5.74, 6) is 2.44. The van der Waals surface area contributed by atoms with Gasteiger partial charge < -0.3 is 14.8 Å². The van der Waals surface area contributed by atoms with Crippen LogP contribution in [0.25, 0.3) is 0 Å². The molecule has 0 aliphatic carbocycles. The van der Waals surface area contributed by atoms with E-state index in [0.29, 0.717) is 0 Å². The lowest BCUT2D eigenvalue weighted by molar-refractivity contribution is 0.409. The van der Waals surface area contributed by atoms with Crippen LogP contribution in [0.5, 0.6) is 17.2 Å². The molecule has 3 nitrogen and oxygen atoms in total. The third-order valence-electron chi connectivity index (χ3n) is 2.89. The number of methoxy groups -OCH3 is 1. The molecule has 1 N–H and O–H groups in total. The highest BCUT2D eigenvalue weighted by Gasteiger charge is 2.03. The van der Waals surface area contributed by atoms with Crippen molar-refractivity contribution < 1.29 is 9.47 Å². The van der Waals surface area contributed by atoms with Gasteiger partial charge in [0.05, 0.1) is 7.11 Å². The monoisotopic (exact) mass is 257 g/mol. The van der Waals surface area contributed by atoms with Crippen molar-refractivity contribution in [2.24, 2.45) is 0 Å². The Balaban J connectivity index is 2.18. The zero-order valence-corrected chi connectivity index (χ0v) is 11.6. The Bertz CT molecular complexity index is 552. The van der Waals surface area contributed by atoms with Crippen molar-refractivity contribution >= 4 is 0 Å². The van der Waals surface area contributed by atoms with Crippen molar-refractivity contribution in [2.45, 2.75) is 13.5 Å². The Kier molecular flexibility index (Phi) is 4.42. The quantitative estimate of drug-likeness (QED) is 0.889. The number of hydrogen-bond acceptors (Lipinski definition) is 3. The fourth-order valence-corrected chi connectivity index (χ4v) is 1.93. The van der Waals surface area contributed by atoms with Gasteiger partial charge in [-0.3, -0.25) is 0 Å². The molecule has 0 radical (unpaired) electrons. The molecule has 0 atom stereocenters. The predicted molar refractivity (Wildman–Crippen MR) is 77.0 cm³/mol. The lowest BCUT2D eigenvalue weighted by atomic mass is 10.1. The average molecular weight is 257 g/mol. The molecule has 0 unspecified atom stereocenters. The third-order valence-corrected chi connectivity index (χ3v) is 2.89. The van der Waals surface area contributed by atoms with Crippen LogP contribution in [0.4, 0.5) is 0 Å².